The van der Waals surface area contributed by atoms with Gasteiger partial charge in [0, 0.05) is 17.0 Å². The molecule has 0 spiro atoms. The van der Waals surface area contributed by atoms with E-state index in [-0.39, 0.29) is 0 Å². The maximum absolute atomic E-state index is 3.75. The lowest BCUT2D eigenvalue weighted by molar-refractivity contribution is 0.628. The first-order valence-corrected chi connectivity index (χ1v) is 5.69. The summed E-state index contributed by atoms with van der Waals surface area (Å²) >= 11 is 2.04. The number of hydrogen-bond donors (Lipinski definition) is 1. The fourth-order valence-electron chi connectivity index (χ4n) is 0.869. The highest BCUT2D eigenvalue weighted by atomic mass is 32.2. The van der Waals surface area contributed by atoms with Crippen molar-refractivity contribution in [1.29, 1.82) is 0 Å². The molecule has 2 heteroatoms. The predicted molar refractivity (Wildman–Crippen MR) is 59.9 cm³/mol. The molecule has 0 fully saturated rings. The third kappa shape index (κ3) is 5.67. The molecule has 2 atom stereocenters. The summed E-state index contributed by atoms with van der Waals surface area (Å²) in [5, 5.41) is 4.07. The van der Waals surface area contributed by atoms with Gasteiger partial charge in [-0.25, -0.2) is 0 Å². The van der Waals surface area contributed by atoms with Crippen LogP contribution < -0.4 is 5.32 Å². The predicted octanol–water partition coefficient (Wildman–Crippen LogP) is 2.68. The van der Waals surface area contributed by atoms with Crippen LogP contribution >= 0.6 is 11.8 Å². The molecule has 0 saturated heterocycles. The van der Waals surface area contributed by atoms with E-state index in [1.807, 2.05) is 24.9 Å². The highest BCUT2D eigenvalue weighted by Crippen LogP contribution is 2.15. The summed E-state index contributed by atoms with van der Waals surface area (Å²) in [5.41, 5.74) is 0. The number of hydrogen-bond acceptors (Lipinski definition) is 2. The van der Waals surface area contributed by atoms with Crippen LogP contribution in [-0.2, 0) is 0 Å². The maximum Gasteiger partial charge on any atom is 0.0189 e. The average Bonchev–Trinajstić information content (AvgIpc) is 2.11. The second-order valence-corrected chi connectivity index (χ2v) is 4.53. The summed E-state index contributed by atoms with van der Waals surface area (Å²) in [6, 6.07) is 0.599. The van der Waals surface area contributed by atoms with Crippen LogP contribution in [0.1, 0.15) is 26.7 Å². The molecule has 0 aliphatic heterocycles. The van der Waals surface area contributed by atoms with Gasteiger partial charge in [0.1, 0.15) is 0 Å². The Morgan fingerprint density at radius 1 is 1.58 bits per heavy atom. The van der Waals surface area contributed by atoms with Crippen molar-refractivity contribution in [2.24, 2.45) is 0 Å². The summed E-state index contributed by atoms with van der Waals surface area (Å²) < 4.78 is 0. The van der Waals surface area contributed by atoms with E-state index < -0.39 is 0 Å². The van der Waals surface area contributed by atoms with E-state index in [9.17, 15) is 0 Å². The van der Waals surface area contributed by atoms with Crippen LogP contribution in [0.25, 0.3) is 0 Å². The minimum atomic E-state index is 0.599. The van der Waals surface area contributed by atoms with Crippen LogP contribution in [0.15, 0.2) is 12.7 Å². The second kappa shape index (κ2) is 7.69. The molecule has 0 heterocycles. The molecule has 0 saturated carbocycles. The van der Waals surface area contributed by atoms with Crippen LogP contribution in [0.5, 0.6) is 0 Å². The number of rotatable bonds is 7. The molecule has 12 heavy (non-hydrogen) atoms. The molecule has 1 N–H and O–H groups in total. The van der Waals surface area contributed by atoms with Crippen LogP contribution in [0.2, 0.25) is 0 Å². The average molecular weight is 187 g/mol. The Morgan fingerprint density at radius 2 is 2.25 bits per heavy atom. The van der Waals surface area contributed by atoms with E-state index in [4.69, 9.17) is 0 Å². The summed E-state index contributed by atoms with van der Waals surface area (Å²) in [4.78, 5) is 0. The van der Waals surface area contributed by atoms with Crippen LogP contribution in [0, 0.1) is 0 Å². The topological polar surface area (TPSA) is 12.0 Å². The van der Waals surface area contributed by atoms with Gasteiger partial charge in [0.05, 0.1) is 0 Å². The van der Waals surface area contributed by atoms with Crippen molar-refractivity contribution in [3.8, 4) is 0 Å². The van der Waals surface area contributed by atoms with Crippen molar-refractivity contribution >= 4 is 11.8 Å². The number of nitrogens with one attached hydrogen (secondary N) is 1. The van der Waals surface area contributed by atoms with Gasteiger partial charge < -0.3 is 5.32 Å². The minimum absolute atomic E-state index is 0.599. The van der Waals surface area contributed by atoms with Crippen molar-refractivity contribution in [3.63, 3.8) is 0 Å². The van der Waals surface area contributed by atoms with E-state index in [0.717, 1.165) is 11.7 Å². The molecule has 0 aromatic heterocycles. The van der Waals surface area contributed by atoms with Crippen LogP contribution in [0.3, 0.4) is 0 Å². The third-order valence-corrected chi connectivity index (χ3v) is 3.51. The lowest BCUT2D eigenvalue weighted by Crippen LogP contribution is -2.27. The third-order valence-electron chi connectivity index (χ3n) is 2.02. The molecule has 72 valence electrons. The summed E-state index contributed by atoms with van der Waals surface area (Å²) in [6.45, 7) is 8.27. The zero-order valence-corrected chi connectivity index (χ0v) is 9.29. The Balaban J connectivity index is 3.49. The second-order valence-electron chi connectivity index (χ2n) is 3.06. The Kier molecular flexibility index (Phi) is 7.72. The fourth-order valence-corrected chi connectivity index (χ4v) is 1.97. The first kappa shape index (κ1) is 12.0. The minimum Gasteiger partial charge on any atom is -0.316 e. The normalized spacial score (nSPS) is 15.6. The molecule has 0 aliphatic rings. The van der Waals surface area contributed by atoms with E-state index in [1.54, 1.807) is 0 Å². The molecule has 0 bridgehead atoms. The lowest BCUT2D eigenvalue weighted by atomic mass is 10.2. The van der Waals surface area contributed by atoms with Crippen LogP contribution in [0.4, 0.5) is 0 Å². The zero-order chi connectivity index (χ0) is 9.40. The van der Waals surface area contributed by atoms with Crippen molar-refractivity contribution in [3.05, 3.63) is 12.7 Å². The van der Waals surface area contributed by atoms with Crippen molar-refractivity contribution in [2.75, 3.05) is 12.8 Å². The Labute approximate surface area is 81.0 Å². The van der Waals surface area contributed by atoms with E-state index in [2.05, 4.69) is 25.7 Å². The van der Waals surface area contributed by atoms with Gasteiger partial charge in [-0.1, -0.05) is 19.9 Å². The van der Waals surface area contributed by atoms with E-state index >= 15 is 0 Å². The van der Waals surface area contributed by atoms with Crippen molar-refractivity contribution in [1.82, 2.24) is 5.32 Å². The Hall–Kier alpha value is 0.0500. The van der Waals surface area contributed by atoms with Gasteiger partial charge in [-0.2, -0.15) is 11.8 Å². The molecule has 0 aromatic rings. The van der Waals surface area contributed by atoms with E-state index in [0.29, 0.717) is 6.04 Å². The highest BCUT2D eigenvalue weighted by Gasteiger charge is 2.06. The molecule has 0 rings (SSSR count). The van der Waals surface area contributed by atoms with E-state index in [1.165, 1.54) is 12.2 Å². The van der Waals surface area contributed by atoms with Gasteiger partial charge in [-0.3, -0.25) is 0 Å². The largest absolute Gasteiger partial charge is 0.316 e. The lowest BCUT2D eigenvalue weighted by Gasteiger charge is -2.15. The molecule has 0 amide bonds. The SMILES string of the molecule is C=CCC(CSC(C)CC)NC. The van der Waals surface area contributed by atoms with Gasteiger partial charge in [0.15, 0.2) is 0 Å². The van der Waals surface area contributed by atoms with Crippen molar-refractivity contribution < 1.29 is 0 Å². The molecular formula is C10H21NS. The van der Waals surface area contributed by atoms with Gasteiger partial charge >= 0.3 is 0 Å². The standard InChI is InChI=1S/C10H21NS/c1-5-7-10(11-4)8-12-9(3)6-2/h5,9-11H,1,6-8H2,2-4H3. The zero-order valence-electron chi connectivity index (χ0n) is 8.47. The van der Waals surface area contributed by atoms with Gasteiger partial charge in [-0.05, 0) is 19.9 Å². The fraction of sp³-hybridized carbons (Fsp3) is 0.800. The number of thioether (sulfide) groups is 1. The smallest absolute Gasteiger partial charge is 0.0189 e. The molecular weight excluding hydrogens is 166 g/mol. The monoisotopic (exact) mass is 187 g/mol. The molecule has 0 aliphatic carbocycles. The molecule has 0 radical (unpaired) electrons. The summed E-state index contributed by atoms with van der Waals surface area (Å²) in [7, 11) is 2.02. The van der Waals surface area contributed by atoms with Crippen molar-refractivity contribution in [2.45, 2.75) is 38.0 Å². The van der Waals surface area contributed by atoms with Gasteiger partial charge in [0.25, 0.3) is 0 Å². The highest BCUT2D eigenvalue weighted by molar-refractivity contribution is 7.99. The molecule has 0 aromatic carbocycles. The maximum atomic E-state index is 3.75. The quantitative estimate of drug-likeness (QED) is 0.615. The van der Waals surface area contributed by atoms with Gasteiger partial charge in [0.2, 0.25) is 0 Å². The molecule has 1 nitrogen and oxygen atoms in total. The Morgan fingerprint density at radius 3 is 2.67 bits per heavy atom. The first-order chi connectivity index (χ1) is 5.74. The molecule has 2 unspecified atom stereocenters. The van der Waals surface area contributed by atoms with Gasteiger partial charge in [-0.15, -0.1) is 6.58 Å². The summed E-state index contributed by atoms with van der Waals surface area (Å²) in [5.74, 6) is 1.19. The summed E-state index contributed by atoms with van der Waals surface area (Å²) in [6.07, 6.45) is 4.31. The van der Waals surface area contributed by atoms with Crippen LogP contribution in [-0.4, -0.2) is 24.1 Å². The first-order valence-electron chi connectivity index (χ1n) is 4.64. The Bertz CT molecular complexity index is 114.